The Bertz CT molecular complexity index is 921. The van der Waals surface area contributed by atoms with Gasteiger partial charge in [-0.25, -0.2) is 8.42 Å². The summed E-state index contributed by atoms with van der Waals surface area (Å²) in [5, 5.41) is 0. The van der Waals surface area contributed by atoms with Gasteiger partial charge in [0, 0.05) is 22.4 Å². The SMILES string of the molecule is Nc1ccc2c(c1S(=O)(=O)[O-])C(=O)c1ccccc1C2=O.[Na+]. The molecule has 0 atom stereocenters. The zero-order valence-electron chi connectivity index (χ0n) is 11.5. The Balaban J connectivity index is 0.00000176. The molecular weight excluding hydrogens is 317 g/mol. The first-order valence-electron chi connectivity index (χ1n) is 5.89. The first-order chi connectivity index (χ1) is 9.82. The molecule has 22 heavy (non-hydrogen) atoms. The fourth-order valence-corrected chi connectivity index (χ4v) is 3.25. The standard InChI is InChI=1S/C14H9NO5S.Na/c15-10-6-5-9-11(14(10)21(18,19)20)13(17)8-4-2-1-3-7(8)12(9)16;/h1-6H,15H2,(H,18,19,20);/q;+1/p-1. The minimum atomic E-state index is -4.98. The number of hydrogen-bond donors (Lipinski definition) is 1. The Hall–Kier alpha value is -1.51. The van der Waals surface area contributed by atoms with Gasteiger partial charge in [0.15, 0.2) is 11.6 Å². The van der Waals surface area contributed by atoms with E-state index < -0.39 is 32.1 Å². The molecule has 0 heterocycles. The van der Waals surface area contributed by atoms with E-state index in [1.807, 2.05) is 0 Å². The molecule has 8 heteroatoms. The van der Waals surface area contributed by atoms with Crippen LogP contribution in [0, 0.1) is 0 Å². The van der Waals surface area contributed by atoms with Crippen LogP contribution in [0.3, 0.4) is 0 Å². The van der Waals surface area contributed by atoms with Crippen LogP contribution >= 0.6 is 0 Å². The van der Waals surface area contributed by atoms with E-state index in [0.29, 0.717) is 0 Å². The molecule has 0 spiro atoms. The molecule has 3 rings (SSSR count). The summed E-state index contributed by atoms with van der Waals surface area (Å²) in [5.74, 6) is -1.20. The fraction of sp³-hybridized carbons (Fsp3) is 0. The van der Waals surface area contributed by atoms with Gasteiger partial charge in [-0.15, -0.1) is 0 Å². The Kier molecular flexibility index (Phi) is 4.29. The molecule has 2 aromatic rings. The third kappa shape index (κ3) is 2.41. The van der Waals surface area contributed by atoms with Crippen molar-refractivity contribution in [3.8, 4) is 0 Å². The molecule has 6 nitrogen and oxygen atoms in total. The average molecular weight is 325 g/mol. The Morgan fingerprint density at radius 1 is 0.864 bits per heavy atom. The van der Waals surface area contributed by atoms with Crippen LogP contribution in [0.5, 0.6) is 0 Å². The van der Waals surface area contributed by atoms with Gasteiger partial charge in [-0.1, -0.05) is 24.3 Å². The van der Waals surface area contributed by atoms with Crippen molar-refractivity contribution in [3.05, 3.63) is 58.7 Å². The van der Waals surface area contributed by atoms with Gasteiger partial charge in [-0.3, -0.25) is 9.59 Å². The predicted octanol–water partition coefficient (Wildman–Crippen LogP) is -2.05. The molecule has 0 saturated carbocycles. The maximum absolute atomic E-state index is 12.5. The maximum Gasteiger partial charge on any atom is 1.00 e. The fourth-order valence-electron chi connectivity index (χ4n) is 2.44. The molecule has 0 radical (unpaired) electrons. The van der Waals surface area contributed by atoms with Gasteiger partial charge in [0.25, 0.3) is 0 Å². The summed E-state index contributed by atoms with van der Waals surface area (Å²) in [5.41, 5.74) is 4.85. The van der Waals surface area contributed by atoms with Crippen molar-refractivity contribution >= 4 is 27.4 Å². The van der Waals surface area contributed by atoms with E-state index in [0.717, 1.165) is 6.07 Å². The monoisotopic (exact) mass is 325 g/mol. The molecular formula is C14H8NNaO5S. The van der Waals surface area contributed by atoms with Gasteiger partial charge in [-0.05, 0) is 12.1 Å². The number of fused-ring (bicyclic) bond motifs is 2. The first kappa shape index (κ1) is 16.9. The van der Waals surface area contributed by atoms with Crippen molar-refractivity contribution in [2.24, 2.45) is 0 Å². The van der Waals surface area contributed by atoms with Crippen molar-refractivity contribution in [1.29, 1.82) is 0 Å². The second-order valence-corrected chi connectivity index (χ2v) is 5.88. The van der Waals surface area contributed by atoms with Gasteiger partial charge in [0.05, 0.1) is 10.5 Å². The van der Waals surface area contributed by atoms with Crippen LogP contribution in [0.15, 0.2) is 41.3 Å². The van der Waals surface area contributed by atoms with Crippen LogP contribution in [0.25, 0.3) is 0 Å². The molecule has 0 unspecified atom stereocenters. The number of anilines is 1. The summed E-state index contributed by atoms with van der Waals surface area (Å²) in [4.78, 5) is 24.0. The molecule has 0 aliphatic heterocycles. The van der Waals surface area contributed by atoms with Crippen LogP contribution in [0.1, 0.15) is 31.8 Å². The number of ketones is 2. The van der Waals surface area contributed by atoms with E-state index in [4.69, 9.17) is 5.73 Å². The average Bonchev–Trinajstić information content (AvgIpc) is 2.43. The molecule has 0 fully saturated rings. The molecule has 106 valence electrons. The smallest absolute Gasteiger partial charge is 0.744 e. The zero-order valence-corrected chi connectivity index (χ0v) is 14.3. The van der Waals surface area contributed by atoms with E-state index >= 15 is 0 Å². The quantitative estimate of drug-likeness (QED) is 0.313. The number of rotatable bonds is 1. The summed E-state index contributed by atoms with van der Waals surface area (Å²) in [6.07, 6.45) is 0. The van der Waals surface area contributed by atoms with Crippen molar-refractivity contribution in [3.63, 3.8) is 0 Å². The van der Waals surface area contributed by atoms with Crippen molar-refractivity contribution in [2.45, 2.75) is 4.90 Å². The first-order valence-corrected chi connectivity index (χ1v) is 7.30. The molecule has 0 bridgehead atoms. The summed E-state index contributed by atoms with van der Waals surface area (Å²) in [7, 11) is -4.98. The van der Waals surface area contributed by atoms with Crippen LogP contribution < -0.4 is 35.3 Å². The molecule has 0 saturated heterocycles. The number of carbonyl (C=O) groups excluding carboxylic acids is 2. The number of benzene rings is 2. The summed E-state index contributed by atoms with van der Waals surface area (Å²) in [6.45, 7) is 0. The van der Waals surface area contributed by atoms with Crippen LogP contribution in [-0.2, 0) is 10.1 Å². The predicted molar refractivity (Wildman–Crippen MR) is 72.1 cm³/mol. The minimum Gasteiger partial charge on any atom is -0.744 e. The van der Waals surface area contributed by atoms with Crippen molar-refractivity contribution in [1.82, 2.24) is 0 Å². The minimum absolute atomic E-state index is 0. The number of carbonyl (C=O) groups is 2. The molecule has 0 aromatic heterocycles. The van der Waals surface area contributed by atoms with Gasteiger partial charge >= 0.3 is 29.6 Å². The van der Waals surface area contributed by atoms with E-state index in [1.54, 1.807) is 12.1 Å². The topological polar surface area (TPSA) is 117 Å². The summed E-state index contributed by atoms with van der Waals surface area (Å²) < 4.78 is 34.2. The van der Waals surface area contributed by atoms with Crippen molar-refractivity contribution in [2.75, 3.05) is 5.73 Å². The third-order valence-corrected chi connectivity index (χ3v) is 4.27. The van der Waals surface area contributed by atoms with Crippen molar-refractivity contribution < 1.29 is 52.1 Å². The molecule has 1 aliphatic rings. The van der Waals surface area contributed by atoms with Gasteiger partial charge < -0.3 is 10.3 Å². The van der Waals surface area contributed by atoms with Gasteiger partial charge in [-0.2, -0.15) is 0 Å². The zero-order chi connectivity index (χ0) is 15.4. The number of nitrogen functional groups attached to an aromatic ring is 1. The van der Waals surface area contributed by atoms with E-state index in [9.17, 15) is 22.6 Å². The van der Waals surface area contributed by atoms with Gasteiger partial charge in [0.1, 0.15) is 10.1 Å². The van der Waals surface area contributed by atoms with Gasteiger partial charge in [0.2, 0.25) is 0 Å². The molecule has 1 aliphatic carbocycles. The Labute approximate surface area is 148 Å². The van der Waals surface area contributed by atoms with Crippen LogP contribution in [0.2, 0.25) is 0 Å². The molecule has 2 N–H and O–H groups in total. The third-order valence-electron chi connectivity index (χ3n) is 3.33. The van der Waals surface area contributed by atoms with Crippen LogP contribution in [0.4, 0.5) is 5.69 Å². The number of nitrogens with two attached hydrogens (primary N) is 1. The second-order valence-electron chi connectivity index (χ2n) is 4.56. The Morgan fingerprint density at radius 3 is 1.95 bits per heavy atom. The van der Waals surface area contributed by atoms with E-state index in [2.05, 4.69) is 0 Å². The summed E-state index contributed by atoms with van der Waals surface area (Å²) in [6, 6.07) is 8.42. The maximum atomic E-state index is 12.5. The van der Waals surface area contributed by atoms with Crippen LogP contribution in [-0.4, -0.2) is 24.5 Å². The summed E-state index contributed by atoms with van der Waals surface area (Å²) >= 11 is 0. The number of hydrogen-bond acceptors (Lipinski definition) is 6. The Morgan fingerprint density at radius 2 is 1.41 bits per heavy atom. The largest absolute Gasteiger partial charge is 1.00 e. The normalized spacial score (nSPS) is 13.1. The second kappa shape index (κ2) is 5.60. The molecule has 0 amide bonds. The van der Waals surface area contributed by atoms with E-state index in [1.165, 1.54) is 18.2 Å². The van der Waals surface area contributed by atoms with E-state index in [-0.39, 0.29) is 51.9 Å². The molecule has 2 aromatic carbocycles.